The van der Waals surface area contributed by atoms with Crippen LogP contribution in [0.25, 0.3) is 5.69 Å². The summed E-state index contributed by atoms with van der Waals surface area (Å²) in [6.45, 7) is 1.11. The van der Waals surface area contributed by atoms with Crippen LogP contribution in [0.4, 0.5) is 4.39 Å². The second-order valence-corrected chi connectivity index (χ2v) is 8.44. The highest BCUT2D eigenvalue weighted by molar-refractivity contribution is 5.94. The Labute approximate surface area is 165 Å². The van der Waals surface area contributed by atoms with Crippen LogP contribution in [0.5, 0.6) is 0 Å². The van der Waals surface area contributed by atoms with Crippen LogP contribution < -0.4 is 5.32 Å². The zero-order valence-corrected chi connectivity index (χ0v) is 16.7. The normalized spacial score (nSPS) is 21.7. The van der Waals surface area contributed by atoms with Crippen molar-refractivity contribution in [3.05, 3.63) is 47.0 Å². The molecule has 0 bridgehead atoms. The van der Waals surface area contributed by atoms with Crippen LogP contribution in [0, 0.1) is 11.7 Å². The third kappa shape index (κ3) is 3.83. The molecule has 1 aromatic carbocycles. The van der Waals surface area contributed by atoms with Gasteiger partial charge in [0.05, 0.1) is 0 Å². The van der Waals surface area contributed by atoms with E-state index in [1.165, 1.54) is 6.07 Å². The molecule has 1 N–H and O–H groups in total. The third-order valence-electron chi connectivity index (χ3n) is 6.03. The van der Waals surface area contributed by atoms with Crippen molar-refractivity contribution in [2.24, 2.45) is 5.92 Å². The number of hydrogen-bond acceptors (Lipinski definition) is 3. The summed E-state index contributed by atoms with van der Waals surface area (Å²) < 4.78 is 15.9. The smallest absolute Gasteiger partial charge is 0.272 e. The van der Waals surface area contributed by atoms with Gasteiger partial charge in [-0.05, 0) is 77.1 Å². The minimum Gasteiger partial charge on any atom is -0.348 e. The van der Waals surface area contributed by atoms with Crippen LogP contribution in [-0.4, -0.2) is 47.3 Å². The fourth-order valence-corrected chi connectivity index (χ4v) is 4.70. The van der Waals surface area contributed by atoms with Gasteiger partial charge in [0.15, 0.2) is 5.69 Å². The largest absolute Gasteiger partial charge is 0.348 e. The summed E-state index contributed by atoms with van der Waals surface area (Å²) in [6, 6.07) is 6.83. The average molecular weight is 384 g/mol. The number of para-hydroxylation sites is 1. The highest BCUT2D eigenvalue weighted by Gasteiger charge is 2.30. The highest BCUT2D eigenvalue weighted by Crippen LogP contribution is 2.29. The maximum absolute atomic E-state index is 14.3. The summed E-state index contributed by atoms with van der Waals surface area (Å²) in [7, 11) is 4.22. The lowest BCUT2D eigenvalue weighted by molar-refractivity contribution is 0.0912. The number of hydrogen-bond donors (Lipinski definition) is 1. The molecule has 28 heavy (non-hydrogen) atoms. The molecular formula is C22H29FN4O. The van der Waals surface area contributed by atoms with Gasteiger partial charge in [-0.3, -0.25) is 4.79 Å². The fraction of sp³-hybridized carbons (Fsp3) is 0.545. The molecule has 0 atom stereocenters. The second kappa shape index (κ2) is 8.03. The molecule has 0 unspecified atom stereocenters. The van der Waals surface area contributed by atoms with Crippen molar-refractivity contribution in [2.45, 2.75) is 51.0 Å². The first-order chi connectivity index (χ1) is 13.5. The zero-order valence-electron chi connectivity index (χ0n) is 16.7. The van der Waals surface area contributed by atoms with Gasteiger partial charge in [-0.1, -0.05) is 12.1 Å². The van der Waals surface area contributed by atoms with Crippen molar-refractivity contribution >= 4 is 5.91 Å². The number of rotatable bonds is 5. The van der Waals surface area contributed by atoms with E-state index in [2.05, 4.69) is 29.4 Å². The number of fused-ring (bicyclic) bond motifs is 1. The molecule has 1 fully saturated rings. The van der Waals surface area contributed by atoms with Crippen molar-refractivity contribution in [3.63, 3.8) is 0 Å². The number of benzene rings is 1. The van der Waals surface area contributed by atoms with Gasteiger partial charge in [0.25, 0.3) is 5.91 Å². The summed E-state index contributed by atoms with van der Waals surface area (Å²) in [4.78, 5) is 15.2. The number of amides is 1. The monoisotopic (exact) mass is 384 g/mol. The standard InChI is InChI=1S/C22H29FN4O/c1-26(2)14-15-10-12-16(13-11-15)24-22(28)21-17-6-5-9-19(17)27(25-21)20-8-4-3-7-18(20)23/h3-4,7-8,15-16H,5-6,9-14H2,1-2H3,(H,24,28). The van der Waals surface area contributed by atoms with Crippen LogP contribution in [0.15, 0.2) is 24.3 Å². The lowest BCUT2D eigenvalue weighted by Crippen LogP contribution is -2.39. The number of nitrogens with zero attached hydrogens (tertiary/aromatic N) is 3. The van der Waals surface area contributed by atoms with E-state index in [1.54, 1.807) is 22.9 Å². The van der Waals surface area contributed by atoms with E-state index in [0.29, 0.717) is 17.3 Å². The Morgan fingerprint density at radius 2 is 1.96 bits per heavy atom. The van der Waals surface area contributed by atoms with E-state index in [9.17, 15) is 9.18 Å². The first-order valence-corrected chi connectivity index (χ1v) is 10.3. The van der Waals surface area contributed by atoms with Crippen molar-refractivity contribution in [1.82, 2.24) is 20.0 Å². The van der Waals surface area contributed by atoms with Gasteiger partial charge >= 0.3 is 0 Å². The number of nitrogens with one attached hydrogen (secondary N) is 1. The third-order valence-corrected chi connectivity index (χ3v) is 6.03. The van der Waals surface area contributed by atoms with Crippen molar-refractivity contribution in [2.75, 3.05) is 20.6 Å². The number of carbonyl (C=O) groups is 1. The summed E-state index contributed by atoms with van der Waals surface area (Å²) >= 11 is 0. The molecule has 6 heteroatoms. The van der Waals surface area contributed by atoms with Gasteiger partial charge in [-0.25, -0.2) is 9.07 Å². The molecule has 2 aliphatic carbocycles. The summed E-state index contributed by atoms with van der Waals surface area (Å²) in [5, 5.41) is 7.74. The van der Waals surface area contributed by atoms with Crippen LogP contribution in [0.3, 0.4) is 0 Å². The Hall–Kier alpha value is -2.21. The number of carbonyl (C=O) groups excluding carboxylic acids is 1. The molecular weight excluding hydrogens is 355 g/mol. The van der Waals surface area contributed by atoms with Gasteiger partial charge in [-0.2, -0.15) is 5.10 Å². The molecule has 0 saturated heterocycles. The molecule has 1 aromatic heterocycles. The Kier molecular flexibility index (Phi) is 5.49. The minimum absolute atomic E-state index is 0.107. The van der Waals surface area contributed by atoms with Gasteiger partial charge in [0.1, 0.15) is 11.5 Å². The molecule has 4 rings (SSSR count). The summed E-state index contributed by atoms with van der Waals surface area (Å²) in [6.07, 6.45) is 6.97. The Morgan fingerprint density at radius 1 is 1.21 bits per heavy atom. The Morgan fingerprint density at radius 3 is 2.68 bits per heavy atom. The molecule has 150 valence electrons. The van der Waals surface area contributed by atoms with Crippen molar-refractivity contribution in [1.29, 1.82) is 0 Å². The van der Waals surface area contributed by atoms with E-state index in [4.69, 9.17) is 0 Å². The Balaban J connectivity index is 1.49. The number of aromatic nitrogens is 2. The SMILES string of the molecule is CN(C)CC1CCC(NC(=O)c2nn(-c3ccccc3F)c3c2CCC3)CC1. The maximum atomic E-state index is 14.3. The average Bonchev–Trinajstić information content (AvgIpc) is 3.26. The zero-order chi connectivity index (χ0) is 19.7. The van der Waals surface area contributed by atoms with Crippen molar-refractivity contribution in [3.8, 4) is 5.69 Å². The van der Waals surface area contributed by atoms with E-state index >= 15 is 0 Å². The predicted molar refractivity (Wildman–Crippen MR) is 107 cm³/mol. The van der Waals surface area contributed by atoms with E-state index < -0.39 is 0 Å². The first kappa shape index (κ1) is 19.1. The molecule has 0 radical (unpaired) electrons. The lowest BCUT2D eigenvalue weighted by atomic mass is 9.85. The van der Waals surface area contributed by atoms with Crippen LogP contribution in [0.2, 0.25) is 0 Å². The molecule has 2 aromatic rings. The minimum atomic E-state index is -0.314. The molecule has 5 nitrogen and oxygen atoms in total. The maximum Gasteiger partial charge on any atom is 0.272 e. The molecule has 1 saturated carbocycles. The van der Waals surface area contributed by atoms with Crippen LogP contribution in [-0.2, 0) is 12.8 Å². The highest BCUT2D eigenvalue weighted by atomic mass is 19.1. The summed E-state index contributed by atoms with van der Waals surface area (Å²) in [5.41, 5.74) is 2.86. The Bertz CT molecular complexity index is 852. The summed E-state index contributed by atoms with van der Waals surface area (Å²) in [5.74, 6) is 0.294. The first-order valence-electron chi connectivity index (χ1n) is 10.3. The van der Waals surface area contributed by atoms with Crippen molar-refractivity contribution < 1.29 is 9.18 Å². The van der Waals surface area contributed by atoms with Crippen LogP contribution >= 0.6 is 0 Å². The van der Waals surface area contributed by atoms with Gasteiger partial charge < -0.3 is 10.2 Å². The van der Waals surface area contributed by atoms with E-state index in [0.717, 1.165) is 62.7 Å². The van der Waals surface area contributed by atoms with E-state index in [1.807, 2.05) is 0 Å². The van der Waals surface area contributed by atoms with Gasteiger partial charge in [0.2, 0.25) is 0 Å². The molecule has 0 aliphatic heterocycles. The van der Waals surface area contributed by atoms with Gasteiger partial charge in [0, 0.05) is 23.8 Å². The topological polar surface area (TPSA) is 50.2 Å². The lowest BCUT2D eigenvalue weighted by Gasteiger charge is -2.30. The van der Waals surface area contributed by atoms with Crippen LogP contribution in [0.1, 0.15) is 53.8 Å². The molecule has 0 spiro atoms. The second-order valence-electron chi connectivity index (χ2n) is 8.44. The fourth-order valence-electron chi connectivity index (χ4n) is 4.70. The predicted octanol–water partition coefficient (Wildman–Crippen LogP) is 3.35. The quantitative estimate of drug-likeness (QED) is 0.860. The van der Waals surface area contributed by atoms with Gasteiger partial charge in [-0.15, -0.1) is 0 Å². The molecule has 2 aliphatic rings. The van der Waals surface area contributed by atoms with E-state index in [-0.39, 0.29) is 17.8 Å². The molecule has 1 amide bonds. The molecule has 1 heterocycles. The number of halogens is 1.